The fourth-order valence-corrected chi connectivity index (χ4v) is 2.77. The second kappa shape index (κ2) is 10.8. The molecular formula is C21H23NO6. The van der Waals surface area contributed by atoms with Crippen molar-refractivity contribution in [2.45, 2.75) is 25.3 Å². The number of aliphatic carboxylic acids is 2. The zero-order chi connectivity index (χ0) is 20.4. The predicted octanol–water partition coefficient (Wildman–Crippen LogP) is 2.35. The number of rotatable bonds is 11. The van der Waals surface area contributed by atoms with Crippen molar-refractivity contribution in [1.82, 2.24) is 5.32 Å². The smallest absolute Gasteiger partial charge is 0.329 e. The van der Waals surface area contributed by atoms with E-state index < -0.39 is 24.5 Å². The van der Waals surface area contributed by atoms with Gasteiger partial charge in [-0.3, -0.25) is 9.59 Å². The van der Waals surface area contributed by atoms with Gasteiger partial charge in [0.25, 0.3) is 0 Å². The molecule has 0 saturated carbocycles. The van der Waals surface area contributed by atoms with Crippen LogP contribution in [0.4, 0.5) is 0 Å². The first-order chi connectivity index (χ1) is 13.4. The summed E-state index contributed by atoms with van der Waals surface area (Å²) < 4.78 is 4.77. The molecule has 0 aliphatic carbocycles. The third-order valence-corrected chi connectivity index (χ3v) is 4.07. The molecule has 2 rings (SSSR count). The lowest BCUT2D eigenvalue weighted by Crippen LogP contribution is -2.39. The highest BCUT2D eigenvalue weighted by molar-refractivity contribution is 5.78. The molecule has 7 heteroatoms. The number of ether oxygens (including phenoxy) is 1. The number of carboxylic acids is 2. The summed E-state index contributed by atoms with van der Waals surface area (Å²) in [7, 11) is 0. The van der Waals surface area contributed by atoms with Gasteiger partial charge in [-0.1, -0.05) is 54.6 Å². The normalized spacial score (nSPS) is 11.6. The van der Waals surface area contributed by atoms with Crippen LogP contribution in [-0.4, -0.2) is 47.3 Å². The molecule has 3 N–H and O–H groups in total. The zero-order valence-electron chi connectivity index (χ0n) is 15.3. The summed E-state index contributed by atoms with van der Waals surface area (Å²) in [4.78, 5) is 33.3. The molecule has 0 spiro atoms. The van der Waals surface area contributed by atoms with Gasteiger partial charge in [0.15, 0.2) is 0 Å². The first-order valence-corrected chi connectivity index (χ1v) is 8.89. The molecule has 0 saturated heterocycles. The Kier molecular flexibility index (Phi) is 8.17. The summed E-state index contributed by atoms with van der Waals surface area (Å²) >= 11 is 0. The number of hydrogen-bond donors (Lipinski definition) is 3. The van der Waals surface area contributed by atoms with Crippen LogP contribution in [0.1, 0.15) is 18.4 Å². The molecule has 2 aromatic rings. The van der Waals surface area contributed by atoms with Crippen LogP contribution in [0.2, 0.25) is 0 Å². The number of carboxylic acid groups (broad SMARTS) is 2. The van der Waals surface area contributed by atoms with E-state index in [1.807, 2.05) is 54.6 Å². The molecule has 28 heavy (non-hydrogen) atoms. The summed E-state index contributed by atoms with van der Waals surface area (Å²) in [5.41, 5.74) is 3.12. The predicted molar refractivity (Wildman–Crippen MR) is 103 cm³/mol. The first-order valence-electron chi connectivity index (χ1n) is 8.89. The number of hydrogen-bond acceptors (Lipinski definition) is 4. The van der Waals surface area contributed by atoms with Crippen LogP contribution in [0, 0.1) is 0 Å². The lowest BCUT2D eigenvalue weighted by molar-refractivity contribution is -0.144. The highest BCUT2D eigenvalue weighted by atomic mass is 16.5. The van der Waals surface area contributed by atoms with Crippen molar-refractivity contribution in [3.05, 3.63) is 60.2 Å². The fourth-order valence-electron chi connectivity index (χ4n) is 2.77. The Balaban J connectivity index is 1.97. The molecule has 0 heterocycles. The average Bonchev–Trinajstić information content (AvgIpc) is 2.67. The summed E-state index contributed by atoms with van der Waals surface area (Å²) in [5.74, 6) is -2.58. The minimum absolute atomic E-state index is 0.0803. The molecule has 1 amide bonds. The topological polar surface area (TPSA) is 113 Å². The van der Waals surface area contributed by atoms with Gasteiger partial charge in [0.1, 0.15) is 13.2 Å². The van der Waals surface area contributed by atoms with Gasteiger partial charge in [-0.2, -0.15) is 0 Å². The van der Waals surface area contributed by atoms with E-state index in [0.29, 0.717) is 6.42 Å². The van der Waals surface area contributed by atoms with Crippen molar-refractivity contribution in [2.75, 3.05) is 13.2 Å². The van der Waals surface area contributed by atoms with Crippen LogP contribution in [0.25, 0.3) is 11.1 Å². The van der Waals surface area contributed by atoms with Gasteiger partial charge in [0, 0.05) is 12.5 Å². The molecule has 2 aromatic carbocycles. The molecule has 7 nitrogen and oxygen atoms in total. The summed E-state index contributed by atoms with van der Waals surface area (Å²) in [6.45, 7) is -0.947. The largest absolute Gasteiger partial charge is 0.481 e. The average molecular weight is 385 g/mol. The lowest BCUT2D eigenvalue weighted by Gasteiger charge is -2.18. The van der Waals surface area contributed by atoms with Gasteiger partial charge in [-0.15, -0.1) is 0 Å². The molecular weight excluding hydrogens is 362 g/mol. The van der Waals surface area contributed by atoms with E-state index >= 15 is 0 Å². The van der Waals surface area contributed by atoms with E-state index in [-0.39, 0.29) is 25.5 Å². The van der Waals surface area contributed by atoms with Crippen molar-refractivity contribution in [3.8, 4) is 11.1 Å². The minimum Gasteiger partial charge on any atom is -0.481 e. The Morgan fingerprint density at radius 3 is 2.11 bits per heavy atom. The molecule has 1 atom stereocenters. The van der Waals surface area contributed by atoms with E-state index in [4.69, 9.17) is 14.9 Å². The van der Waals surface area contributed by atoms with Crippen LogP contribution in [0.5, 0.6) is 0 Å². The van der Waals surface area contributed by atoms with E-state index in [1.165, 1.54) is 0 Å². The quantitative estimate of drug-likeness (QED) is 0.547. The lowest BCUT2D eigenvalue weighted by atomic mass is 9.98. The van der Waals surface area contributed by atoms with E-state index in [1.54, 1.807) is 0 Å². The maximum atomic E-state index is 11.9. The van der Waals surface area contributed by atoms with Gasteiger partial charge >= 0.3 is 11.9 Å². The fraction of sp³-hybridized carbons (Fsp3) is 0.286. The van der Waals surface area contributed by atoms with Gasteiger partial charge in [-0.25, -0.2) is 4.79 Å². The van der Waals surface area contributed by atoms with Gasteiger partial charge in [0.2, 0.25) is 5.91 Å². The van der Waals surface area contributed by atoms with Crippen LogP contribution in [0.15, 0.2) is 54.6 Å². The maximum Gasteiger partial charge on any atom is 0.329 e. The summed E-state index contributed by atoms with van der Waals surface area (Å²) in [6, 6.07) is 17.4. The van der Waals surface area contributed by atoms with Crippen LogP contribution in [0.3, 0.4) is 0 Å². The second-order valence-corrected chi connectivity index (χ2v) is 6.35. The summed E-state index contributed by atoms with van der Waals surface area (Å²) in [6.07, 6.45) is 0.649. The molecule has 0 fully saturated rings. The zero-order valence-corrected chi connectivity index (χ0v) is 15.3. The maximum absolute atomic E-state index is 11.9. The Morgan fingerprint density at radius 2 is 1.50 bits per heavy atom. The molecule has 0 aliphatic rings. The van der Waals surface area contributed by atoms with Crippen LogP contribution >= 0.6 is 0 Å². The first kappa shape index (κ1) is 21.1. The van der Waals surface area contributed by atoms with Crippen LogP contribution < -0.4 is 5.32 Å². The number of carbonyl (C=O) groups excluding carboxylic acids is 1. The van der Waals surface area contributed by atoms with Gasteiger partial charge in [0.05, 0.1) is 0 Å². The standard InChI is InChI=1S/C21H23NO6/c23-19(13-28-14-21(26)27)22-18(10-11-20(24)25)12-15-6-8-17(9-7-15)16-4-2-1-3-5-16/h1-9,18H,10-14H2,(H,22,23)(H,24,25)(H,26,27). The van der Waals surface area contributed by atoms with E-state index in [0.717, 1.165) is 16.7 Å². The number of benzene rings is 2. The Bertz CT molecular complexity index is 788. The monoisotopic (exact) mass is 385 g/mol. The molecule has 0 radical (unpaired) electrons. The SMILES string of the molecule is O=C(O)CCC(Cc1ccc(-c2ccccc2)cc1)NC(=O)COCC(=O)O. The van der Waals surface area contributed by atoms with Crippen molar-refractivity contribution < 1.29 is 29.3 Å². The molecule has 0 aromatic heterocycles. The molecule has 0 aliphatic heterocycles. The van der Waals surface area contributed by atoms with E-state index in [9.17, 15) is 14.4 Å². The van der Waals surface area contributed by atoms with Crippen molar-refractivity contribution in [1.29, 1.82) is 0 Å². The van der Waals surface area contributed by atoms with Gasteiger partial charge < -0.3 is 20.3 Å². The minimum atomic E-state index is -1.16. The second-order valence-electron chi connectivity index (χ2n) is 6.35. The van der Waals surface area contributed by atoms with E-state index in [2.05, 4.69) is 5.32 Å². The van der Waals surface area contributed by atoms with Gasteiger partial charge in [-0.05, 0) is 29.5 Å². The number of amides is 1. The number of carbonyl (C=O) groups is 3. The molecule has 1 unspecified atom stereocenters. The third-order valence-electron chi connectivity index (χ3n) is 4.07. The molecule has 148 valence electrons. The third kappa shape index (κ3) is 7.59. The molecule has 0 bridgehead atoms. The van der Waals surface area contributed by atoms with Crippen molar-refractivity contribution in [3.63, 3.8) is 0 Å². The van der Waals surface area contributed by atoms with Crippen LogP contribution in [-0.2, 0) is 25.5 Å². The van der Waals surface area contributed by atoms with Crippen molar-refractivity contribution >= 4 is 17.8 Å². The van der Waals surface area contributed by atoms with Crippen molar-refractivity contribution in [2.24, 2.45) is 0 Å². The Hall–Kier alpha value is -3.19. The Morgan fingerprint density at radius 1 is 0.857 bits per heavy atom. The summed E-state index contributed by atoms with van der Waals surface area (Å²) in [5, 5.41) is 20.2. The highest BCUT2D eigenvalue weighted by Crippen LogP contribution is 2.20. The highest BCUT2D eigenvalue weighted by Gasteiger charge is 2.15. The number of nitrogens with one attached hydrogen (secondary N) is 1. The Labute approximate surface area is 163 Å².